The van der Waals surface area contributed by atoms with Gasteiger partial charge >= 0.3 is 0 Å². The van der Waals surface area contributed by atoms with E-state index in [0.29, 0.717) is 24.2 Å². The number of benzene rings is 1. The van der Waals surface area contributed by atoms with Crippen molar-refractivity contribution in [3.05, 3.63) is 40.5 Å². The predicted octanol–water partition coefficient (Wildman–Crippen LogP) is 3.12. The minimum Gasteiger partial charge on any atom is -0.360 e. The van der Waals surface area contributed by atoms with Gasteiger partial charge in [-0.1, -0.05) is 16.8 Å². The number of nitrogens with one attached hydrogen (secondary N) is 1. The second kappa shape index (κ2) is 7.57. The molecule has 0 spiro atoms. The van der Waals surface area contributed by atoms with Crippen molar-refractivity contribution in [2.45, 2.75) is 31.6 Å². The fourth-order valence-electron chi connectivity index (χ4n) is 3.15. The van der Waals surface area contributed by atoms with Crippen LogP contribution >= 0.6 is 11.6 Å². The highest BCUT2D eigenvalue weighted by Gasteiger charge is 2.35. The maximum absolute atomic E-state index is 13.2. The molecule has 0 aliphatic carbocycles. The van der Waals surface area contributed by atoms with E-state index in [1.165, 1.54) is 22.5 Å². The number of aryl methyl sites for hydroxylation is 2. The Morgan fingerprint density at radius 1 is 1.33 bits per heavy atom. The quantitative estimate of drug-likeness (QED) is 0.828. The second-order valence-electron chi connectivity index (χ2n) is 6.45. The molecule has 0 radical (unpaired) electrons. The zero-order valence-corrected chi connectivity index (χ0v) is 16.4. The van der Waals surface area contributed by atoms with Crippen molar-refractivity contribution in [3.8, 4) is 0 Å². The van der Waals surface area contributed by atoms with Gasteiger partial charge in [0.05, 0.1) is 5.02 Å². The van der Waals surface area contributed by atoms with E-state index in [2.05, 4.69) is 10.5 Å². The number of piperidine rings is 1. The molecule has 2 aromatic rings. The summed E-state index contributed by atoms with van der Waals surface area (Å²) in [7, 11) is -3.71. The Labute approximate surface area is 161 Å². The summed E-state index contributed by atoms with van der Waals surface area (Å²) >= 11 is 5.71. The Morgan fingerprint density at radius 2 is 2.00 bits per heavy atom. The van der Waals surface area contributed by atoms with Crippen LogP contribution in [0.3, 0.4) is 0 Å². The topological polar surface area (TPSA) is 92.5 Å². The number of aromatic nitrogens is 1. The molecule has 0 atom stereocenters. The minimum atomic E-state index is -3.71. The van der Waals surface area contributed by atoms with Gasteiger partial charge in [0.15, 0.2) is 5.76 Å². The van der Waals surface area contributed by atoms with Crippen LogP contribution in [-0.4, -0.2) is 36.9 Å². The van der Waals surface area contributed by atoms with Gasteiger partial charge < -0.3 is 9.84 Å². The Balaban J connectivity index is 1.64. The summed E-state index contributed by atoms with van der Waals surface area (Å²) in [5, 5.41) is 6.32. The van der Waals surface area contributed by atoms with Gasteiger partial charge in [0.2, 0.25) is 15.9 Å². The zero-order chi connectivity index (χ0) is 19.8. The average molecular weight is 416 g/mol. The molecule has 3 rings (SSSR count). The summed E-state index contributed by atoms with van der Waals surface area (Å²) < 4.78 is 45.1. The number of sulfonamides is 1. The van der Waals surface area contributed by atoms with E-state index in [1.54, 1.807) is 13.8 Å². The molecule has 1 saturated heterocycles. The molecule has 0 unspecified atom stereocenters. The third-order valence-corrected chi connectivity index (χ3v) is 7.01. The van der Waals surface area contributed by atoms with Crippen molar-refractivity contribution >= 4 is 33.2 Å². The molecular weight excluding hydrogens is 397 g/mol. The highest BCUT2D eigenvalue weighted by Crippen LogP contribution is 2.28. The molecule has 0 saturated carbocycles. The summed E-state index contributed by atoms with van der Waals surface area (Å²) in [6.45, 7) is 3.57. The monoisotopic (exact) mass is 415 g/mol. The molecule has 10 heteroatoms. The van der Waals surface area contributed by atoms with Gasteiger partial charge in [0.1, 0.15) is 16.4 Å². The van der Waals surface area contributed by atoms with Crippen LogP contribution < -0.4 is 5.32 Å². The van der Waals surface area contributed by atoms with Crippen molar-refractivity contribution < 1.29 is 22.1 Å². The molecule has 27 heavy (non-hydrogen) atoms. The van der Waals surface area contributed by atoms with Crippen LogP contribution in [0.15, 0.2) is 27.6 Å². The van der Waals surface area contributed by atoms with E-state index in [4.69, 9.17) is 16.1 Å². The molecule has 2 heterocycles. The van der Waals surface area contributed by atoms with E-state index < -0.39 is 15.8 Å². The van der Waals surface area contributed by atoms with Crippen molar-refractivity contribution in [1.82, 2.24) is 9.46 Å². The van der Waals surface area contributed by atoms with Gasteiger partial charge in [-0.05, 0) is 44.9 Å². The van der Waals surface area contributed by atoms with E-state index in [-0.39, 0.29) is 40.6 Å². The molecule has 1 aliphatic rings. The maximum Gasteiger partial charge on any atom is 0.248 e. The molecule has 1 N–H and O–H groups in total. The number of anilines is 1. The number of carbonyl (C=O) groups excluding carboxylic acids is 1. The first-order chi connectivity index (χ1) is 12.7. The molecule has 0 bridgehead atoms. The van der Waals surface area contributed by atoms with Crippen LogP contribution in [0, 0.1) is 25.6 Å². The van der Waals surface area contributed by atoms with E-state index in [9.17, 15) is 17.6 Å². The summed E-state index contributed by atoms with van der Waals surface area (Å²) in [5.41, 5.74) is 0.720. The maximum atomic E-state index is 13.2. The second-order valence-corrected chi connectivity index (χ2v) is 8.73. The largest absolute Gasteiger partial charge is 0.360 e. The van der Waals surface area contributed by atoms with Crippen molar-refractivity contribution in [2.75, 3.05) is 18.4 Å². The molecule has 7 nitrogen and oxygen atoms in total. The van der Waals surface area contributed by atoms with Crippen molar-refractivity contribution in [1.29, 1.82) is 0 Å². The Hall–Kier alpha value is -1.97. The summed E-state index contributed by atoms with van der Waals surface area (Å²) in [5.74, 6) is -0.898. The third kappa shape index (κ3) is 3.99. The number of halogens is 2. The van der Waals surface area contributed by atoms with Crippen molar-refractivity contribution in [3.63, 3.8) is 0 Å². The molecule has 1 aromatic heterocycles. The van der Waals surface area contributed by atoms with Gasteiger partial charge in [0.25, 0.3) is 0 Å². The number of carbonyl (C=O) groups is 1. The standard InChI is InChI=1S/C17H19ClFN3O4S/c1-10-16(11(2)26-21-10)27(24,25)22-7-5-12(6-8-22)17(23)20-13-3-4-15(19)14(18)9-13/h3-4,9,12H,5-8H2,1-2H3,(H,20,23). The van der Waals surface area contributed by atoms with Gasteiger partial charge in [-0.2, -0.15) is 4.31 Å². The third-order valence-electron chi connectivity index (χ3n) is 4.58. The summed E-state index contributed by atoms with van der Waals surface area (Å²) in [4.78, 5) is 12.5. The Morgan fingerprint density at radius 3 is 2.56 bits per heavy atom. The molecule has 1 aliphatic heterocycles. The number of rotatable bonds is 4. The van der Waals surface area contributed by atoms with Gasteiger partial charge in [0, 0.05) is 24.7 Å². The molecular formula is C17H19ClFN3O4S. The van der Waals surface area contributed by atoms with Crippen LogP contribution in [0.4, 0.5) is 10.1 Å². The van der Waals surface area contributed by atoms with Crippen molar-refractivity contribution in [2.24, 2.45) is 5.92 Å². The number of nitrogens with zero attached hydrogens (tertiary/aromatic N) is 2. The fraction of sp³-hybridized carbons (Fsp3) is 0.412. The van der Waals surface area contributed by atoms with Gasteiger partial charge in [-0.3, -0.25) is 4.79 Å². The first-order valence-corrected chi connectivity index (χ1v) is 10.2. The van der Waals surface area contributed by atoms with Crippen LogP contribution in [-0.2, 0) is 14.8 Å². The Bertz CT molecular complexity index is 949. The fourth-order valence-corrected chi connectivity index (χ4v) is 5.09. The Kier molecular flexibility index (Phi) is 5.55. The van der Waals surface area contributed by atoms with E-state index in [1.807, 2.05) is 0 Å². The lowest BCUT2D eigenvalue weighted by Gasteiger charge is -2.30. The molecule has 146 valence electrons. The highest BCUT2D eigenvalue weighted by molar-refractivity contribution is 7.89. The average Bonchev–Trinajstić information content (AvgIpc) is 2.97. The van der Waals surface area contributed by atoms with E-state index >= 15 is 0 Å². The van der Waals surface area contributed by atoms with Crippen LogP contribution in [0.25, 0.3) is 0 Å². The van der Waals surface area contributed by atoms with Gasteiger partial charge in [-0.25, -0.2) is 12.8 Å². The normalized spacial score (nSPS) is 16.4. The number of amides is 1. The first kappa shape index (κ1) is 19.8. The predicted molar refractivity (Wildman–Crippen MR) is 97.5 cm³/mol. The summed E-state index contributed by atoms with van der Waals surface area (Å²) in [6, 6.07) is 3.94. The van der Waals surface area contributed by atoms with Gasteiger partial charge in [-0.15, -0.1) is 0 Å². The zero-order valence-electron chi connectivity index (χ0n) is 14.8. The van der Waals surface area contributed by atoms with Crippen LogP contribution in [0.1, 0.15) is 24.3 Å². The lowest BCUT2D eigenvalue weighted by molar-refractivity contribution is -0.120. The number of hydrogen-bond acceptors (Lipinski definition) is 5. The number of hydrogen-bond donors (Lipinski definition) is 1. The smallest absolute Gasteiger partial charge is 0.248 e. The van der Waals surface area contributed by atoms with E-state index in [0.717, 1.165) is 0 Å². The lowest BCUT2D eigenvalue weighted by atomic mass is 9.97. The highest BCUT2D eigenvalue weighted by atomic mass is 35.5. The lowest BCUT2D eigenvalue weighted by Crippen LogP contribution is -2.41. The summed E-state index contributed by atoms with van der Waals surface area (Å²) in [6.07, 6.45) is 0.757. The minimum absolute atomic E-state index is 0.0758. The molecule has 1 fully saturated rings. The van der Waals surface area contributed by atoms with Crippen LogP contribution in [0.5, 0.6) is 0 Å². The molecule has 1 amide bonds. The molecule has 1 aromatic carbocycles. The SMILES string of the molecule is Cc1noc(C)c1S(=O)(=O)N1CCC(C(=O)Nc2ccc(F)c(Cl)c2)CC1. The first-order valence-electron chi connectivity index (χ1n) is 8.39. The van der Waals surface area contributed by atoms with Crippen LogP contribution in [0.2, 0.25) is 5.02 Å².